The predicted molar refractivity (Wildman–Crippen MR) is 59.4 cm³/mol. The Labute approximate surface area is 86.4 Å². The summed E-state index contributed by atoms with van der Waals surface area (Å²) in [5.74, 6) is 0. The van der Waals surface area contributed by atoms with Crippen LogP contribution in [-0.2, 0) is 0 Å². The summed E-state index contributed by atoms with van der Waals surface area (Å²) in [6.45, 7) is 12.3. The van der Waals surface area contributed by atoms with Crippen LogP contribution in [0.1, 0.15) is 49.4 Å². The molecule has 1 aromatic rings. The standard InChI is InChI=1S/C12H21NO/c1-7-8(2)10(13-9(7)3)11(14)12(4,5)6/h11,13-14H,1-6H3. The van der Waals surface area contributed by atoms with E-state index < -0.39 is 6.10 Å². The Morgan fingerprint density at radius 1 is 1.07 bits per heavy atom. The van der Waals surface area contributed by atoms with Gasteiger partial charge < -0.3 is 10.1 Å². The van der Waals surface area contributed by atoms with Gasteiger partial charge in [-0.1, -0.05) is 20.8 Å². The van der Waals surface area contributed by atoms with Gasteiger partial charge in [0.1, 0.15) is 0 Å². The molecule has 0 aliphatic heterocycles. The maximum absolute atomic E-state index is 10.1. The summed E-state index contributed by atoms with van der Waals surface area (Å²) in [6.07, 6.45) is -0.421. The van der Waals surface area contributed by atoms with E-state index in [0.717, 1.165) is 11.4 Å². The fourth-order valence-electron chi connectivity index (χ4n) is 1.58. The Bertz CT molecular complexity index is 331. The van der Waals surface area contributed by atoms with Crippen molar-refractivity contribution in [3.8, 4) is 0 Å². The highest BCUT2D eigenvalue weighted by Crippen LogP contribution is 2.34. The first kappa shape index (κ1) is 11.3. The van der Waals surface area contributed by atoms with Gasteiger partial charge in [-0.2, -0.15) is 0 Å². The van der Waals surface area contributed by atoms with Crippen LogP contribution in [0.3, 0.4) is 0 Å². The van der Waals surface area contributed by atoms with Crippen LogP contribution in [0.2, 0.25) is 0 Å². The van der Waals surface area contributed by atoms with E-state index in [1.807, 2.05) is 27.7 Å². The fraction of sp³-hybridized carbons (Fsp3) is 0.667. The lowest BCUT2D eigenvalue weighted by Gasteiger charge is -2.25. The van der Waals surface area contributed by atoms with E-state index in [-0.39, 0.29) is 5.41 Å². The molecule has 1 rings (SSSR count). The summed E-state index contributed by atoms with van der Waals surface area (Å²) in [5.41, 5.74) is 4.44. The quantitative estimate of drug-likeness (QED) is 0.710. The van der Waals surface area contributed by atoms with E-state index in [4.69, 9.17) is 0 Å². The van der Waals surface area contributed by atoms with Crippen molar-refractivity contribution in [2.45, 2.75) is 47.6 Å². The van der Waals surface area contributed by atoms with Gasteiger partial charge in [-0.05, 0) is 37.3 Å². The zero-order valence-electron chi connectivity index (χ0n) is 10.0. The number of aliphatic hydroxyl groups excluding tert-OH is 1. The topological polar surface area (TPSA) is 36.0 Å². The molecule has 0 aromatic carbocycles. The van der Waals surface area contributed by atoms with E-state index in [1.165, 1.54) is 11.1 Å². The Hall–Kier alpha value is -0.760. The van der Waals surface area contributed by atoms with Crippen molar-refractivity contribution in [1.29, 1.82) is 0 Å². The molecular weight excluding hydrogens is 174 g/mol. The average molecular weight is 195 g/mol. The summed E-state index contributed by atoms with van der Waals surface area (Å²) < 4.78 is 0. The van der Waals surface area contributed by atoms with E-state index in [2.05, 4.69) is 18.8 Å². The van der Waals surface area contributed by atoms with Crippen LogP contribution >= 0.6 is 0 Å². The second-order valence-electron chi connectivity index (χ2n) is 5.18. The summed E-state index contributed by atoms with van der Waals surface area (Å²) >= 11 is 0. The molecule has 0 aliphatic rings. The first-order chi connectivity index (χ1) is 6.25. The lowest BCUT2D eigenvalue weighted by molar-refractivity contribution is 0.0587. The molecule has 2 heteroatoms. The van der Waals surface area contributed by atoms with E-state index in [9.17, 15) is 5.11 Å². The minimum Gasteiger partial charge on any atom is -0.386 e. The molecule has 0 amide bonds. The molecule has 0 saturated carbocycles. The zero-order chi connectivity index (χ0) is 11.1. The monoisotopic (exact) mass is 195 g/mol. The third kappa shape index (κ3) is 1.85. The Kier molecular flexibility index (Phi) is 2.77. The second kappa shape index (κ2) is 3.43. The molecule has 1 atom stereocenters. The molecule has 0 spiro atoms. The third-order valence-electron chi connectivity index (χ3n) is 2.94. The first-order valence-corrected chi connectivity index (χ1v) is 5.09. The molecular formula is C12H21NO. The fourth-order valence-corrected chi connectivity index (χ4v) is 1.58. The number of aromatic nitrogens is 1. The van der Waals surface area contributed by atoms with Crippen LogP contribution in [0, 0.1) is 26.2 Å². The van der Waals surface area contributed by atoms with Crippen LogP contribution in [-0.4, -0.2) is 10.1 Å². The van der Waals surface area contributed by atoms with Gasteiger partial charge in [0, 0.05) is 11.4 Å². The predicted octanol–water partition coefficient (Wildman–Crippen LogP) is 3.02. The maximum Gasteiger partial charge on any atom is 0.0988 e. The summed E-state index contributed by atoms with van der Waals surface area (Å²) in [4.78, 5) is 3.27. The Morgan fingerprint density at radius 2 is 1.57 bits per heavy atom. The van der Waals surface area contributed by atoms with Gasteiger partial charge in [-0.15, -0.1) is 0 Å². The van der Waals surface area contributed by atoms with Crippen LogP contribution in [0.5, 0.6) is 0 Å². The molecule has 0 radical (unpaired) electrons. The smallest absolute Gasteiger partial charge is 0.0988 e. The minimum atomic E-state index is -0.421. The lowest BCUT2D eigenvalue weighted by Crippen LogP contribution is -2.18. The highest BCUT2D eigenvalue weighted by Gasteiger charge is 2.27. The number of aryl methyl sites for hydroxylation is 1. The molecule has 80 valence electrons. The highest BCUT2D eigenvalue weighted by molar-refractivity contribution is 5.35. The molecule has 1 aromatic heterocycles. The molecule has 14 heavy (non-hydrogen) atoms. The Morgan fingerprint density at radius 3 is 1.86 bits per heavy atom. The summed E-state index contributed by atoms with van der Waals surface area (Å²) in [6, 6.07) is 0. The number of rotatable bonds is 1. The van der Waals surface area contributed by atoms with Crippen LogP contribution < -0.4 is 0 Å². The van der Waals surface area contributed by atoms with Crippen molar-refractivity contribution in [3.05, 3.63) is 22.5 Å². The van der Waals surface area contributed by atoms with Crippen molar-refractivity contribution in [2.75, 3.05) is 0 Å². The third-order valence-corrected chi connectivity index (χ3v) is 2.94. The minimum absolute atomic E-state index is 0.117. The van der Waals surface area contributed by atoms with Crippen LogP contribution in [0.25, 0.3) is 0 Å². The molecule has 0 aliphatic carbocycles. The summed E-state index contributed by atoms with van der Waals surface area (Å²) in [7, 11) is 0. The molecule has 1 unspecified atom stereocenters. The van der Waals surface area contributed by atoms with Gasteiger partial charge in [0.05, 0.1) is 6.10 Å². The van der Waals surface area contributed by atoms with Gasteiger partial charge in [0.25, 0.3) is 0 Å². The molecule has 0 bridgehead atoms. The van der Waals surface area contributed by atoms with Crippen molar-refractivity contribution >= 4 is 0 Å². The maximum atomic E-state index is 10.1. The largest absolute Gasteiger partial charge is 0.386 e. The summed E-state index contributed by atoms with van der Waals surface area (Å²) in [5, 5.41) is 10.1. The van der Waals surface area contributed by atoms with Crippen molar-refractivity contribution < 1.29 is 5.11 Å². The highest BCUT2D eigenvalue weighted by atomic mass is 16.3. The Balaban J connectivity index is 3.14. The van der Waals surface area contributed by atoms with E-state index >= 15 is 0 Å². The normalized spacial score (nSPS) is 14.5. The van der Waals surface area contributed by atoms with E-state index in [1.54, 1.807) is 0 Å². The van der Waals surface area contributed by atoms with Crippen LogP contribution in [0.4, 0.5) is 0 Å². The second-order valence-corrected chi connectivity index (χ2v) is 5.18. The van der Waals surface area contributed by atoms with Crippen molar-refractivity contribution in [3.63, 3.8) is 0 Å². The molecule has 0 fully saturated rings. The number of hydrogen-bond acceptors (Lipinski definition) is 1. The van der Waals surface area contributed by atoms with Gasteiger partial charge >= 0.3 is 0 Å². The van der Waals surface area contributed by atoms with Crippen LogP contribution in [0.15, 0.2) is 0 Å². The molecule has 0 saturated heterocycles. The molecule has 1 heterocycles. The number of aliphatic hydroxyl groups is 1. The lowest BCUT2D eigenvalue weighted by atomic mass is 9.86. The number of H-pyrrole nitrogens is 1. The molecule has 2 nitrogen and oxygen atoms in total. The average Bonchev–Trinajstić information content (AvgIpc) is 2.30. The van der Waals surface area contributed by atoms with Crippen molar-refractivity contribution in [1.82, 2.24) is 4.98 Å². The van der Waals surface area contributed by atoms with Gasteiger partial charge in [-0.25, -0.2) is 0 Å². The van der Waals surface area contributed by atoms with Gasteiger partial charge in [0.15, 0.2) is 0 Å². The number of aromatic amines is 1. The first-order valence-electron chi connectivity index (χ1n) is 5.09. The van der Waals surface area contributed by atoms with Gasteiger partial charge in [-0.3, -0.25) is 0 Å². The SMILES string of the molecule is Cc1[nH]c(C(O)C(C)(C)C)c(C)c1C. The van der Waals surface area contributed by atoms with Crippen molar-refractivity contribution in [2.24, 2.45) is 5.41 Å². The van der Waals surface area contributed by atoms with E-state index in [0.29, 0.717) is 0 Å². The zero-order valence-corrected chi connectivity index (χ0v) is 10.0. The number of nitrogens with one attached hydrogen (secondary N) is 1. The number of hydrogen-bond donors (Lipinski definition) is 2. The van der Waals surface area contributed by atoms with Gasteiger partial charge in [0.2, 0.25) is 0 Å². The molecule has 2 N–H and O–H groups in total.